The molecule has 2 fully saturated rings. The first-order chi connectivity index (χ1) is 27.9. The van der Waals surface area contributed by atoms with Gasteiger partial charge in [-0.15, -0.1) is 0 Å². The summed E-state index contributed by atoms with van der Waals surface area (Å²) in [6.07, 6.45) is 13.2. The first kappa shape index (κ1) is 42.6. The van der Waals surface area contributed by atoms with Crippen LogP contribution in [0.3, 0.4) is 0 Å². The second kappa shape index (κ2) is 19.6. The van der Waals surface area contributed by atoms with Crippen LogP contribution in [0.1, 0.15) is 118 Å². The molecule has 3 heterocycles. The summed E-state index contributed by atoms with van der Waals surface area (Å²) in [5.41, 5.74) is 1.27. The minimum Gasteiger partial charge on any atom is -0.483 e. The summed E-state index contributed by atoms with van der Waals surface area (Å²) in [6.45, 7) is 4.92. The van der Waals surface area contributed by atoms with E-state index in [-0.39, 0.29) is 90.5 Å². The van der Waals surface area contributed by atoms with Gasteiger partial charge in [0.25, 0.3) is 17.7 Å². The van der Waals surface area contributed by atoms with Crippen molar-refractivity contribution < 1.29 is 52.9 Å². The fraction of sp³-hybridized carbons (Fsp3) is 0.605. The Morgan fingerprint density at radius 2 is 1.69 bits per heavy atom. The van der Waals surface area contributed by atoms with Crippen LogP contribution < -0.4 is 20.7 Å². The van der Waals surface area contributed by atoms with Crippen molar-refractivity contribution in [2.75, 3.05) is 19.7 Å². The van der Waals surface area contributed by atoms with Gasteiger partial charge in [-0.05, 0) is 74.0 Å². The maximum absolute atomic E-state index is 13.2. The average molecular weight is 805 g/mol. The zero-order valence-corrected chi connectivity index (χ0v) is 33.4. The summed E-state index contributed by atoms with van der Waals surface area (Å²) in [7, 11) is 0. The van der Waals surface area contributed by atoms with E-state index >= 15 is 0 Å². The maximum Gasteiger partial charge on any atom is 0.407 e. The quantitative estimate of drug-likeness (QED) is 0.0994. The SMILES string of the molecule is C[C@H]1C=C2C=C[C@H](C)[C@H](CC[C@@H]3C[C@@H](O)CC(=O)O3)[C@H]2[C@@H](OC(=O)NCCCCCCCCNC(=O)COc2cccc3c2C(=O)N(C2CCC(=O)NC2=O)C3=O)C1. The summed E-state index contributed by atoms with van der Waals surface area (Å²) in [6, 6.07) is 3.40. The number of nitrogens with one attached hydrogen (secondary N) is 3. The molecule has 4 N–H and O–H groups in total. The molecule has 58 heavy (non-hydrogen) atoms. The molecule has 1 unspecified atom stereocenters. The van der Waals surface area contributed by atoms with Gasteiger partial charge in [0.15, 0.2) is 6.61 Å². The van der Waals surface area contributed by atoms with Crippen molar-refractivity contribution in [3.05, 3.63) is 53.1 Å². The normalized spacial score (nSPS) is 27.9. The maximum atomic E-state index is 13.2. The second-order valence-corrected chi connectivity index (χ2v) is 16.3. The summed E-state index contributed by atoms with van der Waals surface area (Å²) in [5, 5.41) is 18.0. The number of amides is 6. The molecule has 8 atom stereocenters. The van der Waals surface area contributed by atoms with E-state index in [0.29, 0.717) is 25.9 Å². The molecule has 1 aromatic carbocycles. The predicted molar refractivity (Wildman–Crippen MR) is 209 cm³/mol. The number of esters is 1. The Balaban J connectivity index is 0.838. The number of piperidine rings is 1. The number of nitrogens with zero attached hydrogens (tertiary/aromatic N) is 1. The first-order valence-corrected chi connectivity index (χ1v) is 20.9. The van der Waals surface area contributed by atoms with Crippen LogP contribution in [0.25, 0.3) is 0 Å². The highest BCUT2D eigenvalue weighted by Crippen LogP contribution is 2.45. The van der Waals surface area contributed by atoms with Crippen LogP contribution in [0.5, 0.6) is 5.75 Å². The molecule has 6 amide bonds. The number of unbranched alkanes of at least 4 members (excludes halogenated alkanes) is 5. The number of alkyl carbamates (subject to hydrolysis) is 1. The molecule has 15 heteroatoms. The van der Waals surface area contributed by atoms with Crippen molar-refractivity contribution in [2.45, 2.75) is 122 Å². The molecule has 1 aromatic rings. The number of cyclic esters (lactones) is 1. The van der Waals surface area contributed by atoms with E-state index in [1.807, 2.05) is 0 Å². The number of rotatable bonds is 17. The van der Waals surface area contributed by atoms with E-state index in [9.17, 15) is 38.7 Å². The standard InChI is InChI=1S/C43H56N4O11/c1-25-20-27-13-12-26(2)30(15-14-29-22-28(48)23-37(51)57-29)38(27)34(21-25)58-43(55)45-19-8-6-4-3-5-7-18-44-36(50)24-56-33-11-9-10-31-39(33)42(54)47(41(31)53)32-16-17-35(49)46-40(32)52/h9-13,20,25-26,28-30,32,34,38,48H,3-8,14-19,21-24H2,1-2H3,(H,44,50)(H,45,55)(H,46,49,52)/t25-,26-,28+,29+,30-,32?,34-,38-/m0/s1. The lowest BCUT2D eigenvalue weighted by atomic mass is 9.65. The smallest absolute Gasteiger partial charge is 0.407 e. The largest absolute Gasteiger partial charge is 0.483 e. The number of carbonyl (C=O) groups excluding carboxylic acids is 7. The Kier molecular flexibility index (Phi) is 14.4. The van der Waals surface area contributed by atoms with Crippen LogP contribution in [0.2, 0.25) is 0 Å². The molecule has 2 aliphatic carbocycles. The molecule has 314 valence electrons. The van der Waals surface area contributed by atoms with Crippen LogP contribution in [-0.4, -0.2) is 95.7 Å². The molecule has 3 aliphatic heterocycles. The zero-order valence-electron chi connectivity index (χ0n) is 33.4. The van der Waals surface area contributed by atoms with Crippen molar-refractivity contribution in [3.8, 4) is 5.75 Å². The Morgan fingerprint density at radius 1 is 0.948 bits per heavy atom. The van der Waals surface area contributed by atoms with E-state index < -0.39 is 41.9 Å². The third-order valence-corrected chi connectivity index (χ3v) is 11.9. The van der Waals surface area contributed by atoms with E-state index in [2.05, 4.69) is 48.0 Å². The van der Waals surface area contributed by atoms with Crippen molar-refractivity contribution in [2.24, 2.45) is 23.7 Å². The van der Waals surface area contributed by atoms with Gasteiger partial charge in [-0.25, -0.2) is 4.79 Å². The molecular weight excluding hydrogens is 748 g/mol. The number of ether oxygens (including phenoxy) is 3. The Hall–Kier alpha value is -5.05. The average Bonchev–Trinajstić information content (AvgIpc) is 3.43. The van der Waals surface area contributed by atoms with Gasteiger partial charge in [0, 0.05) is 31.8 Å². The van der Waals surface area contributed by atoms with Crippen molar-refractivity contribution in [1.82, 2.24) is 20.9 Å². The van der Waals surface area contributed by atoms with Crippen molar-refractivity contribution in [1.29, 1.82) is 0 Å². The van der Waals surface area contributed by atoms with E-state index in [0.717, 1.165) is 56.3 Å². The highest BCUT2D eigenvalue weighted by Gasteiger charge is 2.46. The molecule has 0 saturated carbocycles. The number of aliphatic hydroxyl groups excluding tert-OH is 1. The predicted octanol–water partition coefficient (Wildman–Crippen LogP) is 4.27. The molecule has 5 aliphatic rings. The first-order valence-electron chi connectivity index (χ1n) is 20.9. The lowest BCUT2D eigenvalue weighted by Gasteiger charge is -2.43. The van der Waals surface area contributed by atoms with Crippen LogP contribution in [0, 0.1) is 23.7 Å². The van der Waals surface area contributed by atoms with Crippen LogP contribution in [0.4, 0.5) is 4.79 Å². The molecule has 2 saturated heterocycles. The van der Waals surface area contributed by atoms with Crippen LogP contribution >= 0.6 is 0 Å². The summed E-state index contributed by atoms with van der Waals surface area (Å²) in [4.78, 5) is 88.4. The van der Waals surface area contributed by atoms with Gasteiger partial charge in [0.05, 0.1) is 23.7 Å². The van der Waals surface area contributed by atoms with Gasteiger partial charge < -0.3 is 30.0 Å². The van der Waals surface area contributed by atoms with Crippen molar-refractivity contribution >= 4 is 41.6 Å². The number of hydrogen-bond donors (Lipinski definition) is 4. The molecule has 6 rings (SSSR count). The Morgan fingerprint density at radius 3 is 2.43 bits per heavy atom. The fourth-order valence-electron chi connectivity index (χ4n) is 8.99. The minimum absolute atomic E-state index is 0.00656. The number of benzene rings is 1. The Labute approximate surface area is 338 Å². The van der Waals surface area contributed by atoms with E-state index in [4.69, 9.17) is 14.2 Å². The number of imide groups is 2. The highest BCUT2D eigenvalue weighted by molar-refractivity contribution is 6.24. The summed E-state index contributed by atoms with van der Waals surface area (Å²) < 4.78 is 17.2. The number of allylic oxidation sites excluding steroid dienone is 3. The van der Waals surface area contributed by atoms with Gasteiger partial charge in [-0.2, -0.15) is 0 Å². The molecule has 0 radical (unpaired) electrons. The monoisotopic (exact) mass is 804 g/mol. The van der Waals surface area contributed by atoms with E-state index in [1.54, 1.807) is 0 Å². The number of aliphatic hydroxyl groups is 1. The third-order valence-electron chi connectivity index (χ3n) is 11.9. The number of hydrogen-bond acceptors (Lipinski definition) is 11. The number of carbonyl (C=O) groups is 7. The molecular formula is C43H56N4O11. The van der Waals surface area contributed by atoms with Crippen LogP contribution in [-0.2, 0) is 28.7 Å². The minimum atomic E-state index is -1.09. The summed E-state index contributed by atoms with van der Waals surface area (Å²) in [5.74, 6) is -2.33. The van der Waals surface area contributed by atoms with Gasteiger partial charge >= 0.3 is 12.1 Å². The fourth-order valence-corrected chi connectivity index (χ4v) is 8.99. The lowest BCUT2D eigenvalue weighted by molar-refractivity contribution is -0.160. The topological polar surface area (TPSA) is 207 Å². The van der Waals surface area contributed by atoms with E-state index in [1.165, 1.54) is 23.8 Å². The van der Waals surface area contributed by atoms with Gasteiger partial charge in [0.2, 0.25) is 11.8 Å². The van der Waals surface area contributed by atoms with Crippen molar-refractivity contribution in [3.63, 3.8) is 0 Å². The Bertz CT molecular complexity index is 1810. The summed E-state index contributed by atoms with van der Waals surface area (Å²) >= 11 is 0. The molecule has 0 bridgehead atoms. The van der Waals surface area contributed by atoms with Gasteiger partial charge in [-0.3, -0.25) is 39.0 Å². The molecule has 15 nitrogen and oxygen atoms in total. The zero-order chi connectivity index (χ0) is 41.3. The van der Waals surface area contributed by atoms with Crippen LogP contribution in [0.15, 0.2) is 42.0 Å². The van der Waals surface area contributed by atoms with Gasteiger partial charge in [-0.1, -0.05) is 63.8 Å². The van der Waals surface area contributed by atoms with Gasteiger partial charge in [0.1, 0.15) is 24.0 Å². The highest BCUT2D eigenvalue weighted by atomic mass is 16.6. The molecule has 0 spiro atoms. The third kappa shape index (κ3) is 10.5. The number of fused-ring (bicyclic) bond motifs is 2. The second-order valence-electron chi connectivity index (χ2n) is 16.3. The molecule has 0 aromatic heterocycles. The lowest BCUT2D eigenvalue weighted by Crippen LogP contribution is -2.54.